The number of nitrogens with zero attached hydrogens (tertiary/aromatic N) is 5. The topological polar surface area (TPSA) is 158 Å². The minimum atomic E-state index is -0.334. The molecule has 482 valence electrons. The van der Waals surface area contributed by atoms with Crippen LogP contribution in [0.2, 0.25) is 0 Å². The molecule has 0 radical (unpaired) electrons. The van der Waals surface area contributed by atoms with Gasteiger partial charge in [-0.05, 0) is 125 Å². The lowest BCUT2D eigenvalue weighted by Gasteiger charge is -2.41. The number of ketones is 1. The molecule has 3 unspecified atom stereocenters. The number of dihydropyridines is 1. The normalized spacial score (nSPS) is 20.6. The minimum Gasteiger partial charge on any atom is -0.391 e. The van der Waals surface area contributed by atoms with E-state index in [2.05, 4.69) is 143 Å². The lowest BCUT2D eigenvalue weighted by molar-refractivity contribution is -0.132. The van der Waals surface area contributed by atoms with Crippen molar-refractivity contribution in [3.05, 3.63) is 147 Å². The molecule has 0 saturated carbocycles. The van der Waals surface area contributed by atoms with Gasteiger partial charge in [0.15, 0.2) is 0 Å². The number of allylic oxidation sites excluding steroid dienone is 4. The molecule has 0 aliphatic carbocycles. The lowest BCUT2D eigenvalue weighted by Crippen LogP contribution is -2.60. The van der Waals surface area contributed by atoms with Crippen molar-refractivity contribution in [2.75, 3.05) is 103 Å². The SMILES string of the molecule is C=C1NC(C(C)(C)CC)=C(C)C=C1Cc1ccc(F)cc1.C=CNCCCC(=O)N(CCC)CC(C)C.CC(=O)CN1C[C@@H](C)NCC1CN1CCOCC1.CCC1CNC(C)CN1CC(=O)N1CC(C)(C)c2[nH]c(=O)c(Cc3ccc(F)cc3)cc21. The van der Waals surface area contributed by atoms with Crippen LogP contribution in [-0.2, 0) is 37.4 Å². The Kier molecular flexibility index (Phi) is 28.8. The number of rotatable bonds is 22. The number of hydrogen-bond donors (Lipinski definition) is 5. The van der Waals surface area contributed by atoms with E-state index in [1.54, 1.807) is 25.3 Å². The summed E-state index contributed by atoms with van der Waals surface area (Å²) in [7, 11) is 0. The number of pyridine rings is 1. The third kappa shape index (κ3) is 22.6. The standard InChI is InChI=1S/C25H33FN4O2.C19H24FN.C13H25N3O2.C13H26N2O/c1-5-20-12-27-16(2)13-29(20)14-22(31)30-15-25(3,4)23-21(30)11-18(24(32)28-23)10-17-6-8-19(26)9-7-17;1-6-19(4,5)18-13(2)11-16(14(3)21-18)12-15-7-9-17(20)10-8-15;1-11-8-16(9-12(2)17)13(7-14-11)10-15-3-5-18-6-4-15;1-5-10-15(11-12(3)4)13(16)8-7-9-14-6-2/h6-9,11,16,20,27H,5,10,12-15H2,1-4H3,(H,28,32);7-11,21H,3,6,12H2,1-2,4-5H3;11,13-14H,3-10H2,1-2H3;6,12,14H,2,5,7-11H2,1,3-4H3/t;;11-,13?;/m..1./s1. The van der Waals surface area contributed by atoms with Gasteiger partial charge in [0.2, 0.25) is 11.8 Å². The van der Waals surface area contributed by atoms with Crippen molar-refractivity contribution in [1.29, 1.82) is 0 Å². The number of Topliss-reactive ketones (excluding diaryl/α,β-unsaturated/α-hetero) is 1. The highest BCUT2D eigenvalue weighted by Crippen LogP contribution is 2.39. The van der Waals surface area contributed by atoms with Gasteiger partial charge in [0.05, 0.1) is 32.0 Å². The van der Waals surface area contributed by atoms with Gasteiger partial charge < -0.3 is 40.8 Å². The third-order valence-electron chi connectivity index (χ3n) is 17.1. The Labute approximate surface area is 520 Å². The summed E-state index contributed by atoms with van der Waals surface area (Å²) in [5, 5.41) is 13.5. The Morgan fingerprint density at radius 2 is 1.48 bits per heavy atom. The van der Waals surface area contributed by atoms with Crippen molar-refractivity contribution in [1.82, 2.24) is 45.9 Å². The Hall–Kier alpha value is -5.82. The smallest absolute Gasteiger partial charge is 0.251 e. The van der Waals surface area contributed by atoms with E-state index in [-0.39, 0.29) is 45.6 Å². The highest BCUT2D eigenvalue weighted by atomic mass is 19.1. The predicted octanol–water partition coefficient (Wildman–Crippen LogP) is 9.89. The molecule has 8 rings (SSSR count). The van der Waals surface area contributed by atoms with E-state index < -0.39 is 0 Å². The first-order valence-electron chi connectivity index (χ1n) is 32.1. The van der Waals surface area contributed by atoms with Crippen LogP contribution < -0.4 is 31.7 Å². The number of fused-ring (bicyclic) bond motifs is 1. The molecule has 6 heterocycles. The number of H-pyrrole nitrogens is 1. The maximum absolute atomic E-state index is 13.5. The number of aromatic amines is 1. The minimum absolute atomic E-state index is 0.0594. The molecule has 15 nitrogen and oxygen atoms in total. The van der Waals surface area contributed by atoms with Crippen LogP contribution in [0.15, 0.2) is 107 Å². The van der Waals surface area contributed by atoms with Gasteiger partial charge in [0.25, 0.3) is 5.56 Å². The summed E-state index contributed by atoms with van der Waals surface area (Å²) in [6, 6.07) is 16.3. The van der Waals surface area contributed by atoms with Crippen LogP contribution in [0, 0.1) is 23.0 Å². The highest BCUT2D eigenvalue weighted by molar-refractivity contribution is 5.97. The van der Waals surface area contributed by atoms with Gasteiger partial charge in [0.1, 0.15) is 17.4 Å². The number of aromatic nitrogens is 1. The Morgan fingerprint density at radius 1 is 0.897 bits per heavy atom. The number of carbonyl (C=O) groups is 3. The number of benzene rings is 2. The van der Waals surface area contributed by atoms with Crippen molar-refractivity contribution < 1.29 is 27.9 Å². The molecule has 3 saturated heterocycles. The Balaban J connectivity index is 0.000000221. The Morgan fingerprint density at radius 3 is 2.03 bits per heavy atom. The molecule has 2 aromatic carbocycles. The van der Waals surface area contributed by atoms with Gasteiger partial charge in [-0.2, -0.15) is 0 Å². The van der Waals surface area contributed by atoms with Gasteiger partial charge in [-0.15, -0.1) is 0 Å². The first-order valence-corrected chi connectivity index (χ1v) is 32.1. The van der Waals surface area contributed by atoms with Crippen LogP contribution in [0.1, 0.15) is 144 Å². The molecule has 5 aliphatic rings. The second kappa shape index (κ2) is 34.8. The van der Waals surface area contributed by atoms with Gasteiger partial charge >= 0.3 is 0 Å². The van der Waals surface area contributed by atoms with Gasteiger partial charge in [-0.1, -0.05) is 106 Å². The van der Waals surface area contributed by atoms with E-state index in [1.807, 2.05) is 28.0 Å². The van der Waals surface area contributed by atoms with E-state index >= 15 is 0 Å². The van der Waals surface area contributed by atoms with Crippen molar-refractivity contribution in [2.45, 2.75) is 165 Å². The maximum Gasteiger partial charge on any atom is 0.251 e. The van der Waals surface area contributed by atoms with Crippen molar-refractivity contribution >= 4 is 23.3 Å². The fourth-order valence-corrected chi connectivity index (χ4v) is 11.9. The van der Waals surface area contributed by atoms with E-state index in [9.17, 15) is 28.0 Å². The summed E-state index contributed by atoms with van der Waals surface area (Å²) in [5.41, 5.74) is 8.35. The van der Waals surface area contributed by atoms with Gasteiger partial charge in [-0.25, -0.2) is 8.78 Å². The lowest BCUT2D eigenvalue weighted by atomic mass is 9.81. The van der Waals surface area contributed by atoms with Gasteiger partial charge in [0, 0.05) is 142 Å². The van der Waals surface area contributed by atoms with Crippen LogP contribution in [0.4, 0.5) is 14.5 Å². The zero-order valence-electron chi connectivity index (χ0n) is 55.2. The number of amides is 2. The summed E-state index contributed by atoms with van der Waals surface area (Å²) in [4.78, 5) is 63.4. The number of ether oxygens (including phenoxy) is 1. The molecule has 17 heteroatoms. The maximum atomic E-state index is 13.5. The molecule has 3 aromatic rings. The van der Waals surface area contributed by atoms with Crippen LogP contribution in [0.5, 0.6) is 0 Å². The van der Waals surface area contributed by atoms with Crippen molar-refractivity contribution in [3.8, 4) is 0 Å². The number of hydrogen-bond acceptors (Lipinski definition) is 12. The summed E-state index contributed by atoms with van der Waals surface area (Å²) >= 11 is 0. The van der Waals surface area contributed by atoms with Crippen LogP contribution in [0.25, 0.3) is 0 Å². The second-order valence-corrected chi connectivity index (χ2v) is 26.2. The van der Waals surface area contributed by atoms with E-state index in [0.717, 1.165) is 145 Å². The molecule has 1 aromatic heterocycles. The van der Waals surface area contributed by atoms with E-state index in [4.69, 9.17) is 4.74 Å². The average Bonchev–Trinajstić information content (AvgIpc) is 1.66. The zero-order valence-corrected chi connectivity index (χ0v) is 55.2. The number of nitrogens with one attached hydrogen (secondary N) is 5. The fourth-order valence-electron chi connectivity index (χ4n) is 11.9. The molecule has 2 amide bonds. The molecule has 87 heavy (non-hydrogen) atoms. The van der Waals surface area contributed by atoms with Crippen molar-refractivity contribution in [2.24, 2.45) is 11.3 Å². The largest absolute Gasteiger partial charge is 0.391 e. The molecule has 4 atom stereocenters. The highest BCUT2D eigenvalue weighted by Gasteiger charge is 2.41. The van der Waals surface area contributed by atoms with Crippen molar-refractivity contribution in [3.63, 3.8) is 0 Å². The molecular formula is C70H108F2N10O5. The number of anilines is 1. The molecule has 5 aliphatic heterocycles. The number of morpholine rings is 1. The first-order chi connectivity index (χ1) is 41.3. The Bertz CT molecular complexity index is 2820. The monoisotopic (exact) mass is 1210 g/mol. The molecule has 3 fully saturated rings. The third-order valence-corrected chi connectivity index (χ3v) is 17.1. The zero-order chi connectivity index (χ0) is 64.0. The number of piperazine rings is 2. The summed E-state index contributed by atoms with van der Waals surface area (Å²) in [5.74, 6) is 0.641. The van der Waals surface area contributed by atoms with E-state index in [0.29, 0.717) is 68.1 Å². The second-order valence-electron chi connectivity index (χ2n) is 26.2. The average molecular weight is 1210 g/mol. The molecule has 0 bridgehead atoms. The quantitative estimate of drug-likeness (QED) is 0.0608. The molecule has 5 N–H and O–H groups in total. The van der Waals surface area contributed by atoms with Crippen LogP contribution >= 0.6 is 0 Å². The predicted molar refractivity (Wildman–Crippen MR) is 352 cm³/mol. The fraction of sp³-hybridized carbons (Fsp3) is 0.600. The van der Waals surface area contributed by atoms with E-state index in [1.165, 1.54) is 35.5 Å². The molecule has 0 spiro atoms. The van der Waals surface area contributed by atoms with Crippen LogP contribution in [-0.4, -0.2) is 165 Å². The first kappa shape index (κ1) is 71.9. The number of carbonyl (C=O) groups excluding carboxylic acids is 3. The van der Waals surface area contributed by atoms with Gasteiger partial charge in [-0.3, -0.25) is 33.9 Å². The summed E-state index contributed by atoms with van der Waals surface area (Å²) in [6.45, 7) is 47.7. The molecular weight excluding hydrogens is 1100 g/mol. The summed E-state index contributed by atoms with van der Waals surface area (Å²) in [6.07, 6.45) is 9.63. The summed E-state index contributed by atoms with van der Waals surface area (Å²) < 4.78 is 31.6. The van der Waals surface area contributed by atoms with Crippen LogP contribution in [0.3, 0.4) is 0 Å². The number of halogens is 2.